The highest BCUT2D eigenvalue weighted by Gasteiger charge is 2.31. The zero-order valence-corrected chi connectivity index (χ0v) is 13.2. The van der Waals surface area contributed by atoms with Crippen LogP contribution < -0.4 is 11.1 Å². The molecular weight excluding hydrogens is 270 g/mol. The number of carbonyl (C=O) groups is 1. The molecule has 1 aromatic rings. The fourth-order valence-corrected chi connectivity index (χ4v) is 3.92. The molecule has 0 aliphatic carbocycles. The molecule has 1 aliphatic heterocycles. The van der Waals surface area contributed by atoms with Crippen molar-refractivity contribution in [1.82, 2.24) is 10.2 Å². The Bertz CT molecular complexity index is 413. The summed E-state index contributed by atoms with van der Waals surface area (Å²) in [7, 11) is 1.72. The smallest absolute Gasteiger partial charge is 0.222 e. The average Bonchev–Trinajstić information content (AvgIpc) is 3.01. The van der Waals surface area contributed by atoms with Gasteiger partial charge in [0.25, 0.3) is 0 Å². The summed E-state index contributed by atoms with van der Waals surface area (Å²) in [5.41, 5.74) is 6.35. The molecule has 4 nitrogen and oxygen atoms in total. The van der Waals surface area contributed by atoms with Gasteiger partial charge >= 0.3 is 0 Å². The van der Waals surface area contributed by atoms with Crippen LogP contribution in [0.15, 0.2) is 17.5 Å². The summed E-state index contributed by atoms with van der Waals surface area (Å²) in [6.07, 6.45) is 2.83. The Labute approximate surface area is 125 Å². The molecule has 0 spiro atoms. The lowest BCUT2D eigenvalue weighted by atomic mass is 9.93. The summed E-state index contributed by atoms with van der Waals surface area (Å²) >= 11 is 1.78. The van der Waals surface area contributed by atoms with E-state index in [2.05, 4.69) is 34.7 Å². The largest absolute Gasteiger partial charge is 0.359 e. The van der Waals surface area contributed by atoms with E-state index in [0.29, 0.717) is 6.04 Å². The molecule has 1 saturated heterocycles. The van der Waals surface area contributed by atoms with Crippen molar-refractivity contribution in [3.05, 3.63) is 22.4 Å². The zero-order chi connectivity index (χ0) is 14.5. The summed E-state index contributed by atoms with van der Waals surface area (Å²) in [6, 6.07) is 4.72. The fraction of sp³-hybridized carbons (Fsp3) is 0.667. The highest BCUT2D eigenvalue weighted by Crippen LogP contribution is 2.32. The van der Waals surface area contributed by atoms with Crippen molar-refractivity contribution in [1.29, 1.82) is 0 Å². The van der Waals surface area contributed by atoms with Crippen LogP contribution in [0.1, 0.15) is 37.1 Å². The monoisotopic (exact) mass is 295 g/mol. The number of hydrogen-bond donors (Lipinski definition) is 2. The molecule has 20 heavy (non-hydrogen) atoms. The second-order valence-corrected chi connectivity index (χ2v) is 6.44. The molecule has 1 aromatic heterocycles. The summed E-state index contributed by atoms with van der Waals surface area (Å²) in [6.45, 7) is 4.05. The van der Waals surface area contributed by atoms with Gasteiger partial charge in [-0.05, 0) is 43.8 Å². The first-order valence-corrected chi connectivity index (χ1v) is 8.30. The predicted octanol–water partition coefficient (Wildman–Crippen LogP) is 1.98. The number of carbonyl (C=O) groups excluding carboxylic acids is 1. The van der Waals surface area contributed by atoms with E-state index < -0.39 is 0 Å². The molecule has 2 heterocycles. The number of rotatable bonds is 5. The molecule has 0 aromatic carbocycles. The van der Waals surface area contributed by atoms with E-state index in [0.717, 1.165) is 32.4 Å². The normalized spacial score (nSPS) is 20.6. The molecule has 0 radical (unpaired) electrons. The number of hydrogen-bond acceptors (Lipinski definition) is 4. The molecule has 2 rings (SSSR count). The lowest BCUT2D eigenvalue weighted by Gasteiger charge is -2.39. The third-order valence-corrected chi connectivity index (χ3v) is 5.19. The van der Waals surface area contributed by atoms with Crippen LogP contribution in [-0.4, -0.2) is 37.0 Å². The van der Waals surface area contributed by atoms with Gasteiger partial charge in [-0.15, -0.1) is 11.3 Å². The molecule has 1 fully saturated rings. The van der Waals surface area contributed by atoms with E-state index in [1.807, 2.05) is 0 Å². The van der Waals surface area contributed by atoms with Crippen molar-refractivity contribution in [3.63, 3.8) is 0 Å². The summed E-state index contributed by atoms with van der Waals surface area (Å²) in [5.74, 6) is 0.343. The average molecular weight is 295 g/mol. The van der Waals surface area contributed by atoms with Crippen molar-refractivity contribution >= 4 is 17.2 Å². The lowest BCUT2D eigenvalue weighted by molar-refractivity contribution is -0.126. The van der Waals surface area contributed by atoms with Crippen molar-refractivity contribution in [2.24, 2.45) is 11.7 Å². The van der Waals surface area contributed by atoms with Crippen LogP contribution >= 0.6 is 11.3 Å². The molecule has 3 N–H and O–H groups in total. The molecule has 1 aliphatic rings. The quantitative estimate of drug-likeness (QED) is 0.873. The topological polar surface area (TPSA) is 58.4 Å². The highest BCUT2D eigenvalue weighted by atomic mass is 32.1. The molecule has 0 saturated carbocycles. The first-order chi connectivity index (χ1) is 9.67. The van der Waals surface area contributed by atoms with Crippen LogP contribution in [0.3, 0.4) is 0 Å². The highest BCUT2D eigenvalue weighted by molar-refractivity contribution is 7.10. The van der Waals surface area contributed by atoms with Gasteiger partial charge in [0.2, 0.25) is 5.91 Å². The minimum atomic E-state index is 0.158. The molecular formula is C15H25N3OS. The maximum absolute atomic E-state index is 11.7. The minimum Gasteiger partial charge on any atom is -0.359 e. The Hall–Kier alpha value is -0.910. The van der Waals surface area contributed by atoms with Gasteiger partial charge in [-0.3, -0.25) is 9.69 Å². The number of likely N-dealkylation sites (tertiary alicyclic amines) is 1. The lowest BCUT2D eigenvalue weighted by Crippen LogP contribution is -2.46. The van der Waals surface area contributed by atoms with Crippen molar-refractivity contribution < 1.29 is 4.79 Å². The molecule has 0 bridgehead atoms. The van der Waals surface area contributed by atoms with Crippen LogP contribution in [-0.2, 0) is 4.79 Å². The van der Waals surface area contributed by atoms with Gasteiger partial charge < -0.3 is 11.1 Å². The summed E-state index contributed by atoms with van der Waals surface area (Å²) in [4.78, 5) is 15.5. The Morgan fingerprint density at radius 2 is 2.25 bits per heavy atom. The minimum absolute atomic E-state index is 0.158. The van der Waals surface area contributed by atoms with Gasteiger partial charge in [0.1, 0.15) is 0 Å². The molecule has 2 unspecified atom stereocenters. The third kappa shape index (κ3) is 3.40. The van der Waals surface area contributed by atoms with Crippen molar-refractivity contribution in [2.45, 2.75) is 38.3 Å². The first-order valence-electron chi connectivity index (χ1n) is 7.42. The van der Waals surface area contributed by atoms with Crippen LogP contribution in [0.2, 0.25) is 0 Å². The third-order valence-electron chi connectivity index (χ3n) is 4.25. The predicted molar refractivity (Wildman–Crippen MR) is 83.7 cm³/mol. The van der Waals surface area contributed by atoms with E-state index in [4.69, 9.17) is 5.73 Å². The Morgan fingerprint density at radius 1 is 1.55 bits per heavy atom. The van der Waals surface area contributed by atoms with Gasteiger partial charge in [-0.25, -0.2) is 0 Å². The van der Waals surface area contributed by atoms with Crippen LogP contribution in [0.25, 0.3) is 0 Å². The second kappa shape index (κ2) is 7.20. The van der Waals surface area contributed by atoms with E-state index in [9.17, 15) is 4.79 Å². The summed E-state index contributed by atoms with van der Waals surface area (Å²) in [5, 5.41) is 4.87. The van der Waals surface area contributed by atoms with E-state index in [-0.39, 0.29) is 17.9 Å². The molecule has 112 valence electrons. The zero-order valence-electron chi connectivity index (χ0n) is 12.3. The maximum Gasteiger partial charge on any atom is 0.222 e. The van der Waals surface area contributed by atoms with Crippen molar-refractivity contribution in [2.75, 3.05) is 20.1 Å². The first kappa shape index (κ1) is 15.5. The van der Waals surface area contributed by atoms with Gasteiger partial charge in [0.15, 0.2) is 0 Å². The number of nitrogens with one attached hydrogen (secondary N) is 1. The van der Waals surface area contributed by atoms with E-state index >= 15 is 0 Å². The number of nitrogens with zero attached hydrogens (tertiary/aromatic N) is 1. The standard InChI is InChI=1S/C15H25N3OS/c1-3-12(16)14(13-5-4-10-20-13)18-8-6-11(7-9-18)15(19)17-2/h4-5,10-12,14H,3,6-9,16H2,1-2H3,(H,17,19). The van der Waals surface area contributed by atoms with Gasteiger partial charge in [-0.2, -0.15) is 0 Å². The van der Waals surface area contributed by atoms with Crippen LogP contribution in [0.5, 0.6) is 0 Å². The Kier molecular flexibility index (Phi) is 5.57. The van der Waals surface area contributed by atoms with Gasteiger partial charge in [0, 0.05) is 23.9 Å². The number of nitrogens with two attached hydrogens (primary N) is 1. The van der Waals surface area contributed by atoms with Gasteiger partial charge in [0.05, 0.1) is 6.04 Å². The van der Waals surface area contributed by atoms with Gasteiger partial charge in [-0.1, -0.05) is 13.0 Å². The van der Waals surface area contributed by atoms with Crippen molar-refractivity contribution in [3.8, 4) is 0 Å². The summed E-state index contributed by atoms with van der Waals surface area (Å²) < 4.78 is 0. The Balaban J connectivity index is 2.03. The Morgan fingerprint density at radius 3 is 2.75 bits per heavy atom. The number of piperidine rings is 1. The molecule has 1 amide bonds. The second-order valence-electron chi connectivity index (χ2n) is 5.46. The van der Waals surface area contributed by atoms with Crippen LogP contribution in [0.4, 0.5) is 0 Å². The van der Waals surface area contributed by atoms with E-state index in [1.165, 1.54) is 4.88 Å². The maximum atomic E-state index is 11.7. The van der Waals surface area contributed by atoms with E-state index in [1.54, 1.807) is 18.4 Å². The SMILES string of the molecule is CCC(N)C(c1cccs1)N1CCC(C(=O)NC)CC1. The number of thiophene rings is 1. The molecule has 5 heteroatoms. The fourth-order valence-electron chi connectivity index (χ4n) is 2.99. The molecule has 2 atom stereocenters. The number of amides is 1. The van der Waals surface area contributed by atoms with Crippen LogP contribution in [0, 0.1) is 5.92 Å².